The van der Waals surface area contributed by atoms with Crippen molar-refractivity contribution < 1.29 is 23.7 Å². The van der Waals surface area contributed by atoms with Gasteiger partial charge in [-0.15, -0.1) is 0 Å². The highest BCUT2D eigenvalue weighted by atomic mass is 31.1. The van der Waals surface area contributed by atoms with Gasteiger partial charge in [-0.25, -0.2) is 4.98 Å². The summed E-state index contributed by atoms with van der Waals surface area (Å²) in [5.41, 5.74) is 4.38. The quantitative estimate of drug-likeness (QED) is 0.306. The number of nitrogens with zero attached hydrogens (tertiary/aromatic N) is 3. The first-order valence-electron chi connectivity index (χ1n) is 10.1. The predicted molar refractivity (Wildman–Crippen MR) is 124 cm³/mol. The van der Waals surface area contributed by atoms with Crippen LogP contribution in [-0.4, -0.2) is 49.8 Å². The van der Waals surface area contributed by atoms with Gasteiger partial charge in [-0.2, -0.15) is 9.51 Å². The molecule has 0 spiro atoms. The van der Waals surface area contributed by atoms with Crippen LogP contribution in [0, 0.1) is 10.8 Å². The van der Waals surface area contributed by atoms with E-state index in [1.54, 1.807) is 46.1 Å². The number of nitrogens with two attached hydrogens (primary N) is 1. The molecular formula is C21H30N5O6P. The molecule has 0 saturated heterocycles. The highest BCUT2D eigenvalue weighted by Gasteiger charge is 2.42. The van der Waals surface area contributed by atoms with Crippen LogP contribution >= 0.6 is 8.00 Å². The van der Waals surface area contributed by atoms with Gasteiger partial charge in [0.1, 0.15) is 0 Å². The number of Topliss-reactive ketones (excluding diaryl/α,β-unsaturated/α-hetero) is 2. The second-order valence-electron chi connectivity index (χ2n) is 9.66. The number of ether oxygens (including phenoxy) is 1. The molecule has 1 unspecified atom stereocenters. The Labute approximate surface area is 192 Å². The van der Waals surface area contributed by atoms with Crippen LogP contribution in [0.4, 0.5) is 5.95 Å². The van der Waals surface area contributed by atoms with Crippen LogP contribution in [0.25, 0.3) is 11.2 Å². The fourth-order valence-corrected chi connectivity index (χ4v) is 3.36. The summed E-state index contributed by atoms with van der Waals surface area (Å²) in [4.78, 5) is 60.1. The summed E-state index contributed by atoms with van der Waals surface area (Å²) in [7, 11) is -2.57. The van der Waals surface area contributed by atoms with Gasteiger partial charge in [0.05, 0.1) is 12.9 Å². The summed E-state index contributed by atoms with van der Waals surface area (Å²) < 4.78 is 12.2. The molecule has 180 valence electrons. The maximum atomic E-state index is 12.7. The molecule has 0 saturated carbocycles. The molecule has 0 amide bonds. The highest BCUT2D eigenvalue weighted by molar-refractivity contribution is 7.44. The molecule has 3 N–H and O–H groups in total. The van der Waals surface area contributed by atoms with E-state index in [-0.39, 0.29) is 24.6 Å². The van der Waals surface area contributed by atoms with Crippen LogP contribution < -0.4 is 16.2 Å². The SMILES string of the molecule is C=C(CO/C=[P+](\[O-])OC(C(=O)C(C)(C)C)C(=O)C(C)(C)C)Cn1cnc2c(=O)[nH]c(N)nc21. The number of carbonyl (C=O) groups excluding carboxylic acids is 2. The second kappa shape index (κ2) is 10.0. The number of imidazole rings is 1. The van der Waals surface area contributed by atoms with Crippen molar-refractivity contribution in [3.63, 3.8) is 0 Å². The van der Waals surface area contributed by atoms with Crippen LogP contribution in [0.3, 0.4) is 0 Å². The van der Waals surface area contributed by atoms with Gasteiger partial charge in [0, 0.05) is 17.4 Å². The molecule has 0 aliphatic rings. The molecule has 2 aromatic heterocycles. The van der Waals surface area contributed by atoms with Crippen LogP contribution in [0.5, 0.6) is 0 Å². The number of aromatic amines is 1. The van der Waals surface area contributed by atoms with Gasteiger partial charge < -0.3 is 19.9 Å². The van der Waals surface area contributed by atoms with Crippen LogP contribution in [-0.2, 0) is 25.4 Å². The molecule has 0 aliphatic carbocycles. The maximum Gasteiger partial charge on any atom is 0.280 e. The van der Waals surface area contributed by atoms with Crippen molar-refractivity contribution >= 4 is 42.7 Å². The normalized spacial score (nSPS) is 13.0. The Bertz CT molecular complexity index is 1130. The summed E-state index contributed by atoms with van der Waals surface area (Å²) in [6, 6.07) is 0. The standard InChI is InChI=1S/C21H30N5O6P/c1-12(8-26-10-23-13-17(26)24-19(22)25-18(13)29)9-31-11-33(30)32-14(15(27)20(2,3)4)16(28)21(5,6)7/h10-11,14H,1,8-9H2,2-7H3,(H3,22,24,25,29). The van der Waals surface area contributed by atoms with E-state index in [9.17, 15) is 19.3 Å². The summed E-state index contributed by atoms with van der Waals surface area (Å²) in [5, 5.41) is 0. The molecular weight excluding hydrogens is 449 g/mol. The minimum atomic E-state index is -2.57. The molecule has 0 fully saturated rings. The van der Waals surface area contributed by atoms with E-state index in [1.807, 2.05) is 0 Å². The van der Waals surface area contributed by atoms with Crippen molar-refractivity contribution in [3.8, 4) is 0 Å². The van der Waals surface area contributed by atoms with Gasteiger partial charge in [-0.3, -0.25) is 19.4 Å². The number of hydrogen-bond donors (Lipinski definition) is 2. The minimum Gasteiger partial charge on any atom is -0.601 e. The van der Waals surface area contributed by atoms with Crippen molar-refractivity contribution in [2.24, 2.45) is 10.8 Å². The Kier molecular flexibility index (Phi) is 8.08. The first kappa shape index (κ1) is 26.5. The van der Waals surface area contributed by atoms with Crippen LogP contribution in [0.2, 0.25) is 0 Å². The summed E-state index contributed by atoms with van der Waals surface area (Å²) >= 11 is 0. The molecule has 1 atom stereocenters. The van der Waals surface area contributed by atoms with Crippen molar-refractivity contribution in [3.05, 3.63) is 28.8 Å². The third-order valence-corrected chi connectivity index (χ3v) is 5.24. The Morgan fingerprint density at radius 2 is 1.85 bits per heavy atom. The number of rotatable bonds is 9. The van der Waals surface area contributed by atoms with E-state index in [1.165, 1.54) is 6.33 Å². The number of H-pyrrole nitrogens is 1. The van der Waals surface area contributed by atoms with Gasteiger partial charge in [0.15, 0.2) is 22.7 Å². The lowest BCUT2D eigenvalue weighted by Gasteiger charge is -2.26. The van der Waals surface area contributed by atoms with E-state index in [0.29, 0.717) is 11.2 Å². The van der Waals surface area contributed by atoms with Crippen molar-refractivity contribution in [1.82, 2.24) is 19.5 Å². The summed E-state index contributed by atoms with van der Waals surface area (Å²) in [5.74, 6) is -0.0239. The van der Waals surface area contributed by atoms with Crippen molar-refractivity contribution in [2.45, 2.75) is 54.2 Å². The zero-order valence-corrected chi connectivity index (χ0v) is 20.6. The first-order valence-corrected chi connectivity index (χ1v) is 11.4. The number of anilines is 1. The van der Waals surface area contributed by atoms with Crippen molar-refractivity contribution in [2.75, 3.05) is 12.3 Å². The smallest absolute Gasteiger partial charge is 0.280 e. The lowest BCUT2D eigenvalue weighted by Crippen LogP contribution is -2.44. The molecule has 12 heteroatoms. The van der Waals surface area contributed by atoms with Crippen molar-refractivity contribution in [1.29, 1.82) is 0 Å². The zero-order chi connectivity index (χ0) is 25.1. The van der Waals surface area contributed by atoms with Gasteiger partial charge in [-0.1, -0.05) is 48.1 Å². The second-order valence-corrected chi connectivity index (χ2v) is 10.7. The zero-order valence-electron chi connectivity index (χ0n) is 19.7. The molecule has 0 radical (unpaired) electrons. The third-order valence-electron chi connectivity index (χ3n) is 4.50. The van der Waals surface area contributed by atoms with Gasteiger partial charge >= 0.3 is 0 Å². The van der Waals surface area contributed by atoms with E-state index < -0.39 is 42.1 Å². The Morgan fingerprint density at radius 3 is 2.39 bits per heavy atom. The van der Waals surface area contributed by atoms with E-state index >= 15 is 0 Å². The molecule has 33 heavy (non-hydrogen) atoms. The average molecular weight is 479 g/mol. The summed E-state index contributed by atoms with van der Waals surface area (Å²) in [6.45, 7) is 14.0. The van der Waals surface area contributed by atoms with Crippen LogP contribution in [0.1, 0.15) is 41.5 Å². The molecule has 2 heterocycles. The topological polar surface area (TPSA) is 165 Å². The molecule has 0 aromatic carbocycles. The molecule has 0 aliphatic heterocycles. The number of fused-ring (bicyclic) bond motifs is 1. The lowest BCUT2D eigenvalue weighted by molar-refractivity contribution is -0.181. The fourth-order valence-electron chi connectivity index (χ4n) is 2.72. The highest BCUT2D eigenvalue weighted by Crippen LogP contribution is 2.29. The third kappa shape index (κ3) is 6.88. The Hall–Kier alpha value is -2.72. The van der Waals surface area contributed by atoms with E-state index in [0.717, 1.165) is 5.98 Å². The average Bonchev–Trinajstić information content (AvgIpc) is 3.06. The molecule has 0 bridgehead atoms. The first-order chi connectivity index (χ1) is 15.1. The fraction of sp³-hybridized carbons (Fsp3) is 0.524. The number of nitrogen functional groups attached to an aromatic ring is 1. The number of carbonyl (C=O) groups is 2. The lowest BCUT2D eigenvalue weighted by atomic mass is 9.80. The largest absolute Gasteiger partial charge is 0.601 e. The number of aromatic nitrogens is 4. The predicted octanol–water partition coefficient (Wildman–Crippen LogP) is 1.32. The Balaban J connectivity index is 2.05. The summed E-state index contributed by atoms with van der Waals surface area (Å²) in [6.07, 6.45) is -0.0466. The molecule has 2 aromatic rings. The van der Waals surface area contributed by atoms with Gasteiger partial charge in [0.25, 0.3) is 5.56 Å². The monoisotopic (exact) mass is 479 g/mol. The molecule has 2 rings (SSSR count). The minimum absolute atomic E-state index is 0.0338. The maximum absolute atomic E-state index is 12.7. The van der Waals surface area contributed by atoms with E-state index in [2.05, 4.69) is 21.5 Å². The Morgan fingerprint density at radius 1 is 1.27 bits per heavy atom. The van der Waals surface area contributed by atoms with Gasteiger partial charge in [0.2, 0.25) is 26.0 Å². The van der Waals surface area contributed by atoms with Gasteiger partial charge in [-0.05, 0) is 5.57 Å². The van der Waals surface area contributed by atoms with Crippen LogP contribution in [0.15, 0.2) is 23.3 Å². The number of hydrogen-bond acceptors (Lipinski definition) is 9. The number of ketones is 2. The van der Waals surface area contributed by atoms with E-state index in [4.69, 9.17) is 15.0 Å². The molecule has 11 nitrogen and oxygen atoms in total. The number of nitrogens with one attached hydrogen (secondary N) is 1.